The molecule has 0 saturated heterocycles. The van der Waals surface area contributed by atoms with E-state index < -0.39 is 0 Å². The van der Waals surface area contributed by atoms with E-state index >= 15 is 0 Å². The average Bonchev–Trinajstić information content (AvgIpc) is 1.60. The molecular weight excluding hydrogens is 1450 g/mol. The summed E-state index contributed by atoms with van der Waals surface area (Å²) in [4.78, 5) is 49.7. The van der Waals surface area contributed by atoms with Crippen LogP contribution < -0.4 is 0 Å². The van der Waals surface area contributed by atoms with E-state index in [-0.39, 0.29) is 0 Å². The largest absolute Gasteiger partial charge is 0.226 e. The van der Waals surface area contributed by atoms with Crippen molar-refractivity contribution in [2.45, 2.75) is 0 Å². The van der Waals surface area contributed by atoms with E-state index in [9.17, 15) is 0 Å². The summed E-state index contributed by atoms with van der Waals surface area (Å²) >= 11 is 3.51. The van der Waals surface area contributed by atoms with Crippen molar-refractivity contribution in [2.24, 2.45) is 0 Å². The normalized spacial score (nSPS) is 11.3. The van der Waals surface area contributed by atoms with Crippen LogP contribution in [0.2, 0.25) is 0 Å². The maximum Gasteiger partial charge on any atom is 0.164 e. The summed E-state index contributed by atoms with van der Waals surface area (Å²) in [7, 11) is 0. The lowest BCUT2D eigenvalue weighted by atomic mass is 9.97. The molecular formula is C104H66N10S2. The first-order chi connectivity index (χ1) is 57.4. The summed E-state index contributed by atoms with van der Waals surface area (Å²) in [5.74, 6) is 5.35. The maximum atomic E-state index is 5.14. The van der Waals surface area contributed by atoms with Gasteiger partial charge in [-0.2, -0.15) is 0 Å². The van der Waals surface area contributed by atoms with Crippen LogP contribution in [0, 0.1) is 0 Å². The molecule has 0 radical (unpaired) electrons. The highest BCUT2D eigenvalue weighted by Crippen LogP contribution is 2.43. The van der Waals surface area contributed by atoms with E-state index in [4.69, 9.17) is 49.8 Å². The van der Waals surface area contributed by atoms with Crippen LogP contribution in [0.15, 0.2) is 400 Å². The predicted octanol–water partition coefficient (Wildman–Crippen LogP) is 27.1. The maximum absolute atomic E-state index is 5.14. The second-order valence-corrected chi connectivity index (χ2v) is 30.3. The molecule has 0 atom stereocenters. The number of hydrogen-bond donors (Lipinski definition) is 0. The molecule has 116 heavy (non-hydrogen) atoms. The van der Waals surface area contributed by atoms with Crippen LogP contribution in [0.5, 0.6) is 0 Å². The van der Waals surface area contributed by atoms with Crippen LogP contribution in [0.25, 0.3) is 210 Å². The number of aromatic nitrogens is 10. The Morgan fingerprint density at radius 1 is 0.129 bits per heavy atom. The number of fused-ring (bicyclic) bond motifs is 6. The third-order valence-corrected chi connectivity index (χ3v) is 23.2. The van der Waals surface area contributed by atoms with Gasteiger partial charge in [-0.25, -0.2) is 49.8 Å². The molecule has 21 rings (SSSR count). The summed E-state index contributed by atoms with van der Waals surface area (Å²) < 4.78 is 4.66. The van der Waals surface area contributed by atoms with Gasteiger partial charge in [0.25, 0.3) is 0 Å². The van der Waals surface area contributed by atoms with Gasteiger partial charge in [-0.05, 0) is 67.8 Å². The van der Waals surface area contributed by atoms with Crippen molar-refractivity contribution in [3.63, 3.8) is 0 Å². The van der Waals surface area contributed by atoms with Crippen molar-refractivity contribution >= 4 is 63.3 Å². The average molecular weight is 1520 g/mol. The molecule has 0 aliphatic carbocycles. The molecule has 0 bridgehead atoms. The third-order valence-electron chi connectivity index (χ3n) is 20.8. The van der Waals surface area contributed by atoms with Gasteiger partial charge in [0.2, 0.25) is 0 Å². The highest BCUT2D eigenvalue weighted by molar-refractivity contribution is 7.26. The van der Waals surface area contributed by atoms with Crippen LogP contribution in [0.4, 0.5) is 0 Å². The smallest absolute Gasteiger partial charge is 0.164 e. The Bertz CT molecular complexity index is 6970. The third kappa shape index (κ3) is 14.4. The van der Waals surface area contributed by atoms with Crippen molar-refractivity contribution in [3.05, 3.63) is 400 Å². The molecule has 544 valence electrons. The Hall–Kier alpha value is -15.1. The van der Waals surface area contributed by atoms with Crippen molar-refractivity contribution in [1.29, 1.82) is 0 Å². The van der Waals surface area contributed by atoms with Crippen LogP contribution in [-0.2, 0) is 0 Å². The lowest BCUT2D eigenvalue weighted by Gasteiger charge is -2.10. The zero-order valence-electron chi connectivity index (χ0n) is 62.4. The first-order valence-corrected chi connectivity index (χ1v) is 40.0. The topological polar surface area (TPSA) is 129 Å². The molecule has 0 saturated carbocycles. The van der Waals surface area contributed by atoms with Crippen LogP contribution in [0.1, 0.15) is 0 Å². The standard InChI is InChI=1S/C55H35N5S.C49H31N5S/c1-4-12-42(13-5-1)49-51-50(47-18-10-11-19-48(47)61-51)57-52(56-49)45-32-28-40(29-33-45)38-24-20-36(21-25-38)37-22-26-39(27-23-37)41-30-34-46(35-31-41)55-59-53(43-14-6-2-7-15-43)58-54(60-55)44-16-8-3-9-17-44;1-4-12-36(13-5-1)43-45-44(41-18-10-11-19-42(41)55-45)51-46(50-43)39-28-24-34(25-29-39)32-20-22-33(23-21-32)35-26-30-40(31-27-35)49-53-47(37-14-6-2-7-15-37)52-48(54-49)38-16-8-3-9-17-38/h1-35H;1-31H. The Morgan fingerprint density at radius 2 is 0.293 bits per heavy atom. The Kier molecular flexibility index (Phi) is 18.9. The molecule has 6 heterocycles. The van der Waals surface area contributed by atoms with Gasteiger partial charge in [0, 0.05) is 75.8 Å². The van der Waals surface area contributed by atoms with E-state index in [0.717, 1.165) is 160 Å². The Labute approximate surface area is 678 Å². The van der Waals surface area contributed by atoms with Crippen molar-refractivity contribution in [3.8, 4) is 169 Å². The lowest BCUT2D eigenvalue weighted by Crippen LogP contribution is -2.00. The lowest BCUT2D eigenvalue weighted by molar-refractivity contribution is 1.07. The van der Waals surface area contributed by atoms with E-state index in [1.807, 2.05) is 133 Å². The van der Waals surface area contributed by atoms with Crippen LogP contribution >= 0.6 is 22.7 Å². The molecule has 0 unspecified atom stereocenters. The van der Waals surface area contributed by atoms with E-state index in [1.165, 1.54) is 15.0 Å². The van der Waals surface area contributed by atoms with E-state index in [1.54, 1.807) is 22.7 Å². The summed E-state index contributed by atoms with van der Waals surface area (Å²) in [5.41, 5.74) is 25.2. The van der Waals surface area contributed by atoms with Gasteiger partial charge in [0.15, 0.2) is 46.6 Å². The number of nitrogens with zero attached hydrogens (tertiary/aromatic N) is 10. The quantitative estimate of drug-likeness (QED) is 0.0978. The highest BCUT2D eigenvalue weighted by atomic mass is 32.1. The summed E-state index contributed by atoms with van der Waals surface area (Å²) in [6.45, 7) is 0. The predicted molar refractivity (Wildman–Crippen MR) is 478 cm³/mol. The number of benzene rings is 15. The van der Waals surface area contributed by atoms with Gasteiger partial charge >= 0.3 is 0 Å². The molecule has 0 aliphatic rings. The zero-order valence-corrected chi connectivity index (χ0v) is 64.0. The summed E-state index contributed by atoms with van der Waals surface area (Å²) in [6.07, 6.45) is 0. The minimum Gasteiger partial charge on any atom is -0.226 e. The molecule has 0 fully saturated rings. The highest BCUT2D eigenvalue weighted by Gasteiger charge is 2.21. The van der Waals surface area contributed by atoms with Crippen LogP contribution in [0.3, 0.4) is 0 Å². The van der Waals surface area contributed by atoms with Gasteiger partial charge < -0.3 is 0 Å². The van der Waals surface area contributed by atoms with Crippen LogP contribution in [-0.4, -0.2) is 49.8 Å². The SMILES string of the molecule is c1ccc(-c2nc(-c3ccccc3)nc(-c3ccc(-c4ccc(-c5ccc(-c6ccc(-c7nc(-c8ccccc8)c8sc9ccccc9c8n7)cc6)cc5)cc4)cc3)n2)cc1.c1ccc(-c2nc(-c3ccccc3)nc(-c3ccc(-c4ccc(-c5ccc(-c6nc(-c7ccccc7)c7sc8ccccc8c7n6)cc5)cc4)cc3)n2)cc1. The fourth-order valence-corrected chi connectivity index (χ4v) is 17.0. The second kappa shape index (κ2) is 31.2. The molecule has 0 N–H and O–H groups in total. The minimum atomic E-state index is 0.642. The number of thiophene rings is 2. The first-order valence-electron chi connectivity index (χ1n) is 38.4. The monoisotopic (exact) mass is 1520 g/mol. The summed E-state index contributed by atoms with van der Waals surface area (Å²) in [6, 6.07) is 138. The Balaban J connectivity index is 0.000000150. The van der Waals surface area contributed by atoms with E-state index in [0.29, 0.717) is 34.9 Å². The van der Waals surface area contributed by atoms with Crippen molar-refractivity contribution in [1.82, 2.24) is 49.8 Å². The van der Waals surface area contributed by atoms with Gasteiger partial charge in [0.1, 0.15) is 0 Å². The fraction of sp³-hybridized carbons (Fsp3) is 0. The molecule has 0 aliphatic heterocycles. The van der Waals surface area contributed by atoms with E-state index in [2.05, 4.69) is 267 Å². The molecule has 6 aromatic heterocycles. The minimum absolute atomic E-state index is 0.642. The summed E-state index contributed by atoms with van der Waals surface area (Å²) in [5, 5.41) is 2.33. The van der Waals surface area contributed by atoms with Gasteiger partial charge in [-0.1, -0.05) is 388 Å². The molecule has 0 spiro atoms. The number of rotatable bonds is 15. The first kappa shape index (κ1) is 70.1. The molecule has 15 aromatic carbocycles. The zero-order chi connectivity index (χ0) is 77.1. The molecule has 10 nitrogen and oxygen atoms in total. The van der Waals surface area contributed by atoms with Gasteiger partial charge in [-0.15, -0.1) is 22.7 Å². The van der Waals surface area contributed by atoms with Crippen molar-refractivity contribution in [2.75, 3.05) is 0 Å². The molecule has 12 heteroatoms. The number of hydrogen-bond acceptors (Lipinski definition) is 12. The van der Waals surface area contributed by atoms with Crippen molar-refractivity contribution < 1.29 is 0 Å². The molecule has 21 aromatic rings. The van der Waals surface area contributed by atoms with Gasteiger partial charge in [0.05, 0.1) is 31.8 Å². The fourth-order valence-electron chi connectivity index (χ4n) is 14.7. The Morgan fingerprint density at radius 3 is 0.509 bits per heavy atom. The second-order valence-electron chi connectivity index (χ2n) is 28.2. The van der Waals surface area contributed by atoms with Gasteiger partial charge in [-0.3, -0.25) is 0 Å². The molecule has 0 amide bonds.